The number of nitrogens with one attached hydrogen (secondary N) is 1. The fraction of sp³-hybridized carbons (Fsp3) is 0.647. The molecule has 1 aliphatic rings. The van der Waals surface area contributed by atoms with Crippen LogP contribution in [-0.2, 0) is 0 Å². The summed E-state index contributed by atoms with van der Waals surface area (Å²) in [6.45, 7) is 0. The SMILES string of the molecule is CNC(c1cccc(F)c1F)C1(N(C)C)CCCCCC1. The maximum absolute atomic E-state index is 14.3. The first kappa shape index (κ1) is 16.4. The number of nitrogens with zero attached hydrogens (tertiary/aromatic N) is 1. The molecular formula is C17H26F2N2. The quantitative estimate of drug-likeness (QED) is 0.848. The molecular weight excluding hydrogens is 270 g/mol. The maximum Gasteiger partial charge on any atom is 0.163 e. The van der Waals surface area contributed by atoms with Crippen molar-refractivity contribution in [3.63, 3.8) is 0 Å². The van der Waals surface area contributed by atoms with Crippen molar-refractivity contribution in [2.24, 2.45) is 0 Å². The molecule has 1 unspecified atom stereocenters. The first-order chi connectivity index (χ1) is 10.0. The molecule has 1 N–H and O–H groups in total. The van der Waals surface area contributed by atoms with Crippen molar-refractivity contribution in [2.45, 2.75) is 50.1 Å². The Morgan fingerprint density at radius 3 is 2.24 bits per heavy atom. The molecule has 0 amide bonds. The molecule has 118 valence electrons. The molecule has 2 nitrogen and oxygen atoms in total. The monoisotopic (exact) mass is 296 g/mol. The highest BCUT2D eigenvalue weighted by Gasteiger charge is 2.42. The van der Waals surface area contributed by atoms with Crippen molar-refractivity contribution >= 4 is 0 Å². The second-order valence-electron chi connectivity index (χ2n) is 6.28. The van der Waals surface area contributed by atoms with Gasteiger partial charge in [0.15, 0.2) is 11.6 Å². The number of halogens is 2. The largest absolute Gasteiger partial charge is 0.311 e. The Morgan fingerprint density at radius 1 is 1.10 bits per heavy atom. The minimum absolute atomic E-state index is 0.167. The van der Waals surface area contributed by atoms with E-state index in [4.69, 9.17) is 0 Å². The van der Waals surface area contributed by atoms with Gasteiger partial charge in [-0.15, -0.1) is 0 Å². The third-order valence-electron chi connectivity index (χ3n) is 4.98. The molecule has 1 aromatic rings. The van der Waals surface area contributed by atoms with Crippen LogP contribution in [0, 0.1) is 11.6 Å². The van der Waals surface area contributed by atoms with Crippen LogP contribution in [0.5, 0.6) is 0 Å². The van der Waals surface area contributed by atoms with Gasteiger partial charge >= 0.3 is 0 Å². The number of likely N-dealkylation sites (N-methyl/N-ethyl adjacent to an activating group) is 2. The van der Waals surface area contributed by atoms with Crippen molar-refractivity contribution in [1.29, 1.82) is 0 Å². The number of benzene rings is 1. The van der Waals surface area contributed by atoms with E-state index in [9.17, 15) is 8.78 Å². The summed E-state index contributed by atoms with van der Waals surface area (Å²) in [5.41, 5.74) is 0.271. The van der Waals surface area contributed by atoms with E-state index >= 15 is 0 Å². The summed E-state index contributed by atoms with van der Waals surface area (Å²) >= 11 is 0. The molecule has 1 atom stereocenters. The Balaban J connectivity index is 2.47. The highest BCUT2D eigenvalue weighted by molar-refractivity contribution is 5.26. The van der Waals surface area contributed by atoms with Gasteiger partial charge in [0.2, 0.25) is 0 Å². The lowest BCUT2D eigenvalue weighted by molar-refractivity contribution is 0.0815. The summed E-state index contributed by atoms with van der Waals surface area (Å²) in [6.07, 6.45) is 6.71. The zero-order chi connectivity index (χ0) is 15.5. The summed E-state index contributed by atoms with van der Waals surface area (Å²) < 4.78 is 27.9. The zero-order valence-electron chi connectivity index (χ0n) is 13.3. The van der Waals surface area contributed by atoms with Crippen LogP contribution in [0.2, 0.25) is 0 Å². The lowest BCUT2D eigenvalue weighted by atomic mass is 9.78. The molecule has 0 radical (unpaired) electrons. The maximum atomic E-state index is 14.3. The smallest absolute Gasteiger partial charge is 0.163 e. The van der Waals surface area contributed by atoms with E-state index in [-0.39, 0.29) is 11.6 Å². The topological polar surface area (TPSA) is 15.3 Å². The van der Waals surface area contributed by atoms with Gasteiger partial charge in [-0.2, -0.15) is 0 Å². The van der Waals surface area contributed by atoms with Gasteiger partial charge in [-0.25, -0.2) is 8.78 Å². The highest BCUT2D eigenvalue weighted by Crippen LogP contribution is 2.41. The second kappa shape index (κ2) is 6.84. The van der Waals surface area contributed by atoms with Crippen molar-refractivity contribution in [3.8, 4) is 0 Å². The lowest BCUT2D eigenvalue weighted by Gasteiger charge is -2.46. The molecule has 0 bridgehead atoms. The van der Waals surface area contributed by atoms with E-state index in [1.165, 1.54) is 18.9 Å². The Kier molecular flexibility index (Phi) is 5.33. The molecule has 0 aliphatic heterocycles. The number of rotatable bonds is 4. The van der Waals surface area contributed by atoms with Gasteiger partial charge in [0, 0.05) is 11.1 Å². The molecule has 0 saturated heterocycles. The van der Waals surface area contributed by atoms with Crippen LogP contribution in [0.15, 0.2) is 18.2 Å². The third kappa shape index (κ3) is 3.11. The van der Waals surface area contributed by atoms with E-state index in [1.807, 2.05) is 21.1 Å². The second-order valence-corrected chi connectivity index (χ2v) is 6.28. The fourth-order valence-electron chi connectivity index (χ4n) is 3.79. The van der Waals surface area contributed by atoms with Crippen LogP contribution >= 0.6 is 0 Å². The van der Waals surface area contributed by atoms with Crippen molar-refractivity contribution in [1.82, 2.24) is 10.2 Å². The van der Waals surface area contributed by atoms with Crippen LogP contribution in [0.4, 0.5) is 8.78 Å². The van der Waals surface area contributed by atoms with Crippen molar-refractivity contribution in [3.05, 3.63) is 35.4 Å². The summed E-state index contributed by atoms with van der Waals surface area (Å²) in [5.74, 6) is -1.49. The number of hydrogen-bond acceptors (Lipinski definition) is 2. The minimum atomic E-state index is -0.768. The Morgan fingerprint density at radius 2 is 1.71 bits per heavy atom. The molecule has 2 rings (SSSR count). The standard InChI is InChI=1S/C17H26F2N2/c1-20-16(13-9-8-10-14(18)15(13)19)17(21(2)3)11-6-4-5-7-12-17/h8-10,16,20H,4-7,11-12H2,1-3H3. The van der Waals surface area contributed by atoms with Gasteiger partial charge in [0.25, 0.3) is 0 Å². The Labute approximate surface area is 126 Å². The molecule has 1 fully saturated rings. The molecule has 1 aromatic carbocycles. The van der Waals surface area contributed by atoms with Crippen LogP contribution in [-0.4, -0.2) is 31.6 Å². The van der Waals surface area contributed by atoms with E-state index in [0.29, 0.717) is 5.56 Å². The minimum Gasteiger partial charge on any atom is -0.311 e. The van der Waals surface area contributed by atoms with Gasteiger partial charge < -0.3 is 10.2 Å². The van der Waals surface area contributed by atoms with Crippen molar-refractivity contribution in [2.75, 3.05) is 21.1 Å². The first-order valence-corrected chi connectivity index (χ1v) is 7.81. The average Bonchev–Trinajstić information content (AvgIpc) is 2.71. The predicted molar refractivity (Wildman–Crippen MR) is 82.3 cm³/mol. The van der Waals surface area contributed by atoms with Crippen LogP contribution < -0.4 is 5.32 Å². The van der Waals surface area contributed by atoms with Crippen LogP contribution in [0.1, 0.15) is 50.1 Å². The Hall–Kier alpha value is -1.00. The van der Waals surface area contributed by atoms with Crippen LogP contribution in [0.3, 0.4) is 0 Å². The first-order valence-electron chi connectivity index (χ1n) is 7.81. The van der Waals surface area contributed by atoms with Gasteiger partial charge in [-0.3, -0.25) is 0 Å². The van der Waals surface area contributed by atoms with Crippen molar-refractivity contribution < 1.29 is 8.78 Å². The van der Waals surface area contributed by atoms with Gasteiger partial charge in [-0.1, -0.05) is 37.8 Å². The lowest BCUT2D eigenvalue weighted by Crippen LogP contribution is -2.53. The predicted octanol–water partition coefficient (Wildman–Crippen LogP) is 3.88. The normalized spacial score (nSPS) is 20.3. The molecule has 21 heavy (non-hydrogen) atoms. The molecule has 0 aromatic heterocycles. The van der Waals surface area contributed by atoms with E-state index < -0.39 is 11.6 Å². The zero-order valence-corrected chi connectivity index (χ0v) is 13.3. The van der Waals surface area contributed by atoms with E-state index in [0.717, 1.165) is 25.7 Å². The summed E-state index contributed by atoms with van der Waals surface area (Å²) in [6, 6.07) is 4.27. The molecule has 0 spiro atoms. The molecule has 1 saturated carbocycles. The van der Waals surface area contributed by atoms with Crippen LogP contribution in [0.25, 0.3) is 0 Å². The van der Waals surface area contributed by atoms with E-state index in [1.54, 1.807) is 12.1 Å². The number of hydrogen-bond donors (Lipinski definition) is 1. The van der Waals surface area contributed by atoms with Gasteiger partial charge in [0.1, 0.15) is 0 Å². The summed E-state index contributed by atoms with van der Waals surface area (Å²) in [5, 5.41) is 3.26. The fourth-order valence-corrected chi connectivity index (χ4v) is 3.79. The molecule has 4 heteroatoms. The average molecular weight is 296 g/mol. The summed E-state index contributed by atoms with van der Waals surface area (Å²) in [4.78, 5) is 2.20. The highest BCUT2D eigenvalue weighted by atomic mass is 19.2. The summed E-state index contributed by atoms with van der Waals surface area (Å²) in [7, 11) is 5.94. The van der Waals surface area contributed by atoms with Gasteiger partial charge in [0.05, 0.1) is 6.04 Å². The molecule has 0 heterocycles. The van der Waals surface area contributed by atoms with Gasteiger partial charge in [-0.05, 0) is 40.1 Å². The van der Waals surface area contributed by atoms with E-state index in [2.05, 4.69) is 10.2 Å². The third-order valence-corrected chi connectivity index (χ3v) is 4.98. The Bertz CT molecular complexity index is 466. The molecule has 1 aliphatic carbocycles.